The number of ether oxygens (including phenoxy) is 1. The third-order valence-electron chi connectivity index (χ3n) is 3.49. The first-order valence-electron chi connectivity index (χ1n) is 6.38. The number of nitrogens with zero attached hydrogens (tertiary/aromatic N) is 1. The normalized spacial score (nSPS) is 21.6. The molecule has 8 nitrogen and oxygen atoms in total. The molecule has 0 radical (unpaired) electrons. The Balaban J connectivity index is 2.19. The van der Waals surface area contributed by atoms with Crippen molar-refractivity contribution >= 4 is 21.4 Å². The molecule has 0 aliphatic heterocycles. The van der Waals surface area contributed by atoms with Gasteiger partial charge in [0, 0.05) is 26.3 Å². The van der Waals surface area contributed by atoms with E-state index in [-0.39, 0.29) is 28.4 Å². The predicted molar refractivity (Wildman–Crippen MR) is 76.8 cm³/mol. The summed E-state index contributed by atoms with van der Waals surface area (Å²) in [4.78, 5) is 10.3. The number of rotatable bonds is 6. The van der Waals surface area contributed by atoms with Gasteiger partial charge in [0.05, 0.1) is 15.9 Å². The molecule has 0 bridgehead atoms. The topological polar surface area (TPSA) is 111 Å². The van der Waals surface area contributed by atoms with Gasteiger partial charge in [-0.2, -0.15) is 0 Å². The van der Waals surface area contributed by atoms with Crippen LogP contribution in [0.2, 0.25) is 0 Å². The maximum Gasteiger partial charge on any atom is 0.292 e. The van der Waals surface area contributed by atoms with Gasteiger partial charge in [-0.1, -0.05) is 0 Å². The summed E-state index contributed by atoms with van der Waals surface area (Å²) in [6.07, 6.45) is 1.34. The van der Waals surface area contributed by atoms with Crippen molar-refractivity contribution in [2.45, 2.75) is 29.9 Å². The van der Waals surface area contributed by atoms with E-state index in [1.54, 1.807) is 7.11 Å². The van der Waals surface area contributed by atoms with Crippen LogP contribution in [-0.4, -0.2) is 39.6 Å². The second kappa shape index (κ2) is 5.96. The summed E-state index contributed by atoms with van der Waals surface area (Å²) in [5.74, 6) is 0. The van der Waals surface area contributed by atoms with Crippen molar-refractivity contribution in [3.05, 3.63) is 28.3 Å². The number of nitrogens with one attached hydrogen (secondary N) is 2. The molecular weight excluding hydrogens is 298 g/mol. The lowest BCUT2D eigenvalue weighted by atomic mass is 9.90. The number of anilines is 1. The number of sulfonamides is 1. The van der Waals surface area contributed by atoms with Crippen LogP contribution < -0.4 is 10.0 Å². The summed E-state index contributed by atoms with van der Waals surface area (Å²) in [5, 5.41) is 13.5. The molecule has 0 heterocycles. The zero-order chi connectivity index (χ0) is 15.6. The van der Waals surface area contributed by atoms with E-state index in [0.717, 1.165) is 0 Å². The van der Waals surface area contributed by atoms with E-state index in [9.17, 15) is 18.5 Å². The van der Waals surface area contributed by atoms with Crippen molar-refractivity contribution in [1.29, 1.82) is 0 Å². The van der Waals surface area contributed by atoms with Crippen LogP contribution in [0.1, 0.15) is 12.8 Å². The van der Waals surface area contributed by atoms with Crippen LogP contribution in [-0.2, 0) is 14.8 Å². The lowest BCUT2D eigenvalue weighted by Crippen LogP contribution is -2.47. The first-order valence-corrected chi connectivity index (χ1v) is 7.87. The minimum Gasteiger partial charge on any atom is -0.383 e. The SMILES string of the molecule is CNc1cc(S(=O)(=O)NC2CC(OC)C2)ccc1[N+](=O)[O-]. The van der Waals surface area contributed by atoms with Crippen LogP contribution >= 0.6 is 0 Å². The number of hydrogen-bond donors (Lipinski definition) is 2. The zero-order valence-electron chi connectivity index (χ0n) is 11.7. The van der Waals surface area contributed by atoms with Crippen LogP contribution in [0.4, 0.5) is 11.4 Å². The highest BCUT2D eigenvalue weighted by molar-refractivity contribution is 7.89. The van der Waals surface area contributed by atoms with E-state index in [0.29, 0.717) is 12.8 Å². The fourth-order valence-corrected chi connectivity index (χ4v) is 3.47. The average molecular weight is 315 g/mol. The fourth-order valence-electron chi connectivity index (χ4n) is 2.18. The first-order chi connectivity index (χ1) is 9.87. The Morgan fingerprint density at radius 1 is 1.38 bits per heavy atom. The summed E-state index contributed by atoms with van der Waals surface area (Å²) >= 11 is 0. The monoisotopic (exact) mass is 315 g/mol. The lowest BCUT2D eigenvalue weighted by molar-refractivity contribution is -0.384. The van der Waals surface area contributed by atoms with Gasteiger partial charge in [-0.25, -0.2) is 13.1 Å². The molecule has 0 unspecified atom stereocenters. The summed E-state index contributed by atoms with van der Waals surface area (Å²) in [5.41, 5.74) is -0.00852. The van der Waals surface area contributed by atoms with Crippen molar-refractivity contribution in [3.63, 3.8) is 0 Å². The minimum absolute atomic E-state index is 0.00156. The molecular formula is C12H17N3O5S. The van der Waals surface area contributed by atoms with Gasteiger partial charge in [-0.05, 0) is 25.0 Å². The highest BCUT2D eigenvalue weighted by Crippen LogP contribution is 2.28. The van der Waals surface area contributed by atoms with E-state index < -0.39 is 14.9 Å². The first kappa shape index (κ1) is 15.7. The molecule has 1 aromatic carbocycles. The van der Waals surface area contributed by atoms with Crippen molar-refractivity contribution in [2.75, 3.05) is 19.5 Å². The Labute approximate surface area is 122 Å². The highest BCUT2D eigenvalue weighted by atomic mass is 32.2. The fraction of sp³-hybridized carbons (Fsp3) is 0.500. The molecule has 1 saturated carbocycles. The van der Waals surface area contributed by atoms with Crippen molar-refractivity contribution in [1.82, 2.24) is 4.72 Å². The number of benzene rings is 1. The third kappa shape index (κ3) is 3.31. The van der Waals surface area contributed by atoms with E-state index in [1.165, 1.54) is 25.2 Å². The molecule has 1 aromatic rings. The standard InChI is InChI=1S/C12H17N3O5S/c1-13-11-7-10(3-4-12(11)15(16)17)21(18,19)14-8-5-9(6-8)20-2/h3-4,7-9,13-14H,5-6H2,1-2H3. The van der Waals surface area contributed by atoms with Crippen molar-refractivity contribution < 1.29 is 18.1 Å². The summed E-state index contributed by atoms with van der Waals surface area (Å²) in [6.45, 7) is 0. The van der Waals surface area contributed by atoms with E-state index in [1.807, 2.05) is 0 Å². The van der Waals surface area contributed by atoms with Gasteiger partial charge in [0.15, 0.2) is 0 Å². The lowest BCUT2D eigenvalue weighted by Gasteiger charge is -2.34. The van der Waals surface area contributed by atoms with Crippen LogP contribution in [0.15, 0.2) is 23.1 Å². The van der Waals surface area contributed by atoms with Gasteiger partial charge in [-0.3, -0.25) is 10.1 Å². The van der Waals surface area contributed by atoms with E-state index in [2.05, 4.69) is 10.0 Å². The van der Waals surface area contributed by atoms with Crippen LogP contribution in [0.3, 0.4) is 0 Å². The molecule has 0 spiro atoms. The zero-order valence-corrected chi connectivity index (χ0v) is 12.5. The summed E-state index contributed by atoms with van der Waals surface area (Å²) < 4.78 is 32.1. The molecule has 0 saturated heterocycles. The third-order valence-corrected chi connectivity index (χ3v) is 5.01. The minimum atomic E-state index is -3.70. The summed E-state index contributed by atoms with van der Waals surface area (Å²) in [6, 6.07) is 3.51. The molecule has 0 amide bonds. The molecule has 1 aliphatic carbocycles. The smallest absolute Gasteiger partial charge is 0.292 e. The molecule has 116 valence electrons. The highest BCUT2D eigenvalue weighted by Gasteiger charge is 2.33. The Bertz CT molecular complexity index is 640. The molecule has 9 heteroatoms. The molecule has 21 heavy (non-hydrogen) atoms. The Morgan fingerprint density at radius 2 is 2.05 bits per heavy atom. The molecule has 2 N–H and O–H groups in total. The van der Waals surface area contributed by atoms with Crippen LogP contribution in [0, 0.1) is 10.1 Å². The van der Waals surface area contributed by atoms with Crippen molar-refractivity contribution in [2.24, 2.45) is 0 Å². The summed E-state index contributed by atoms with van der Waals surface area (Å²) in [7, 11) is -0.606. The van der Waals surface area contributed by atoms with Gasteiger partial charge in [0.25, 0.3) is 5.69 Å². The van der Waals surface area contributed by atoms with Crippen molar-refractivity contribution in [3.8, 4) is 0 Å². The molecule has 0 aromatic heterocycles. The molecule has 1 fully saturated rings. The molecule has 2 rings (SSSR count). The quantitative estimate of drug-likeness (QED) is 0.600. The number of methoxy groups -OCH3 is 1. The van der Waals surface area contributed by atoms with Gasteiger partial charge in [-0.15, -0.1) is 0 Å². The number of nitro benzene ring substituents is 1. The Hall–Kier alpha value is -1.71. The van der Waals surface area contributed by atoms with Gasteiger partial charge < -0.3 is 10.1 Å². The molecule has 0 atom stereocenters. The maximum absolute atomic E-state index is 12.2. The second-order valence-corrected chi connectivity index (χ2v) is 6.55. The second-order valence-electron chi connectivity index (χ2n) is 4.83. The van der Waals surface area contributed by atoms with Crippen LogP contribution in [0.25, 0.3) is 0 Å². The van der Waals surface area contributed by atoms with E-state index in [4.69, 9.17) is 4.74 Å². The van der Waals surface area contributed by atoms with E-state index >= 15 is 0 Å². The average Bonchev–Trinajstić information content (AvgIpc) is 2.41. The number of nitro groups is 1. The molecule has 1 aliphatic rings. The Morgan fingerprint density at radius 3 is 2.57 bits per heavy atom. The maximum atomic E-state index is 12.2. The number of hydrogen-bond acceptors (Lipinski definition) is 6. The van der Waals surface area contributed by atoms with Gasteiger partial charge >= 0.3 is 0 Å². The van der Waals surface area contributed by atoms with Gasteiger partial charge in [0.2, 0.25) is 10.0 Å². The Kier molecular flexibility index (Phi) is 4.45. The predicted octanol–water partition coefficient (Wildman–Crippen LogP) is 1.09. The van der Waals surface area contributed by atoms with Gasteiger partial charge in [0.1, 0.15) is 5.69 Å². The van der Waals surface area contributed by atoms with Crippen LogP contribution in [0.5, 0.6) is 0 Å². The largest absolute Gasteiger partial charge is 0.383 e.